The predicted molar refractivity (Wildman–Crippen MR) is 114 cm³/mol. The molecule has 1 aliphatic heterocycles. The predicted octanol–water partition coefficient (Wildman–Crippen LogP) is 3.42. The minimum atomic E-state index is -1.38. The molecule has 2 N–H and O–H groups in total. The van der Waals surface area contributed by atoms with E-state index in [4.69, 9.17) is 9.47 Å². The van der Waals surface area contributed by atoms with Crippen LogP contribution in [0.2, 0.25) is 0 Å². The molecule has 5 atom stereocenters. The summed E-state index contributed by atoms with van der Waals surface area (Å²) in [5, 5.41) is 21.1. The van der Waals surface area contributed by atoms with E-state index in [-0.39, 0.29) is 25.2 Å². The molecule has 30 heavy (non-hydrogen) atoms. The fourth-order valence-electron chi connectivity index (χ4n) is 3.52. The molecule has 0 saturated heterocycles. The molecule has 1 heterocycles. The number of ether oxygens (including phenoxy) is 2. The van der Waals surface area contributed by atoms with E-state index in [1.54, 1.807) is 19.1 Å². The third-order valence-electron chi connectivity index (χ3n) is 5.26. The molecule has 1 aliphatic rings. The Kier molecular flexibility index (Phi) is 8.38. The Balaban J connectivity index is 2.38. The molecule has 0 amide bonds. The first-order valence-electron chi connectivity index (χ1n) is 10.3. The molecule has 0 radical (unpaired) electrons. The summed E-state index contributed by atoms with van der Waals surface area (Å²) in [6, 6.07) is 9.70. The third-order valence-corrected chi connectivity index (χ3v) is 5.26. The molecule has 0 aliphatic carbocycles. The van der Waals surface area contributed by atoms with Crippen LogP contribution in [0.4, 0.5) is 0 Å². The number of cyclic esters (lactones) is 1. The van der Waals surface area contributed by atoms with Crippen molar-refractivity contribution >= 4 is 18.0 Å². The zero-order chi connectivity index (χ0) is 22.3. The van der Waals surface area contributed by atoms with E-state index in [1.165, 1.54) is 6.92 Å². The summed E-state index contributed by atoms with van der Waals surface area (Å²) >= 11 is 0. The number of carbonyl (C=O) groups is 2. The van der Waals surface area contributed by atoms with Gasteiger partial charge in [-0.15, -0.1) is 0 Å². The number of hydrogen-bond donors (Lipinski definition) is 2. The number of esters is 2. The Labute approximate surface area is 178 Å². The van der Waals surface area contributed by atoms with Crippen LogP contribution in [0.15, 0.2) is 48.1 Å². The van der Waals surface area contributed by atoms with E-state index in [2.05, 4.69) is 0 Å². The van der Waals surface area contributed by atoms with Crippen molar-refractivity contribution in [2.45, 2.75) is 70.9 Å². The molecule has 0 spiro atoms. The van der Waals surface area contributed by atoms with Crippen molar-refractivity contribution in [3.05, 3.63) is 53.6 Å². The van der Waals surface area contributed by atoms with E-state index in [1.807, 2.05) is 50.3 Å². The van der Waals surface area contributed by atoms with Gasteiger partial charge in [0.1, 0.15) is 17.8 Å². The number of hydrogen-bond acceptors (Lipinski definition) is 6. The largest absolute Gasteiger partial charge is 0.457 e. The van der Waals surface area contributed by atoms with Gasteiger partial charge in [-0.05, 0) is 43.9 Å². The lowest BCUT2D eigenvalue weighted by Gasteiger charge is -2.32. The molecule has 2 rings (SSSR count). The van der Waals surface area contributed by atoms with Crippen molar-refractivity contribution < 1.29 is 29.3 Å². The second kappa shape index (κ2) is 10.5. The first kappa shape index (κ1) is 23.8. The van der Waals surface area contributed by atoms with Crippen molar-refractivity contribution in [3.63, 3.8) is 0 Å². The zero-order valence-electron chi connectivity index (χ0n) is 18.1. The van der Waals surface area contributed by atoms with Gasteiger partial charge in [0.25, 0.3) is 0 Å². The first-order valence-corrected chi connectivity index (χ1v) is 10.3. The van der Waals surface area contributed by atoms with Crippen LogP contribution in [-0.4, -0.2) is 46.1 Å². The maximum atomic E-state index is 12.4. The highest BCUT2D eigenvalue weighted by Gasteiger charge is 2.35. The molecular weight excluding hydrogens is 384 g/mol. The van der Waals surface area contributed by atoms with E-state index in [9.17, 15) is 19.8 Å². The van der Waals surface area contributed by atoms with Crippen molar-refractivity contribution in [2.75, 3.05) is 0 Å². The van der Waals surface area contributed by atoms with Crippen molar-refractivity contribution in [1.29, 1.82) is 0 Å². The van der Waals surface area contributed by atoms with Gasteiger partial charge in [-0.25, -0.2) is 0 Å². The summed E-state index contributed by atoms with van der Waals surface area (Å²) in [5.74, 6) is -1.25. The van der Waals surface area contributed by atoms with Gasteiger partial charge in [-0.3, -0.25) is 9.59 Å². The molecule has 6 nitrogen and oxygen atoms in total. The highest BCUT2D eigenvalue weighted by atomic mass is 16.6. The van der Waals surface area contributed by atoms with Crippen LogP contribution >= 0.6 is 0 Å². The second-order valence-corrected chi connectivity index (χ2v) is 8.24. The minimum Gasteiger partial charge on any atom is -0.457 e. The number of rotatable bonds is 3. The fourth-order valence-corrected chi connectivity index (χ4v) is 3.52. The van der Waals surface area contributed by atoms with E-state index in [0.29, 0.717) is 0 Å². The third kappa shape index (κ3) is 7.11. The average molecular weight is 417 g/mol. The van der Waals surface area contributed by atoms with Gasteiger partial charge in [0.05, 0.1) is 12.5 Å². The Bertz CT molecular complexity index is 780. The summed E-state index contributed by atoms with van der Waals surface area (Å²) in [6.45, 7) is 6.62. The van der Waals surface area contributed by atoms with Gasteiger partial charge in [0.2, 0.25) is 0 Å². The molecule has 1 aromatic rings. The second-order valence-electron chi connectivity index (χ2n) is 8.24. The molecule has 164 valence electrons. The van der Waals surface area contributed by atoms with Gasteiger partial charge in [0.15, 0.2) is 0 Å². The maximum absolute atomic E-state index is 12.4. The highest BCUT2D eigenvalue weighted by Crippen LogP contribution is 2.27. The Morgan fingerprint density at radius 3 is 2.53 bits per heavy atom. The number of aliphatic hydroxyl groups excluding tert-OH is 1. The molecule has 0 bridgehead atoms. The standard InChI is InChI=1S/C24H32O6/c1-16-10-11-21(29-18(3)25)24(4,28)13-12-20(26)15-22(27)30-23(16)17(2)14-19-8-6-5-7-9-19/h5-11,14,16,20-21,23,26,28H,12-13,15H2,1-4H3/b11-10?,17-14+/t16-,20+,21-,23-,24+/m0/s1. The van der Waals surface area contributed by atoms with Gasteiger partial charge in [0, 0.05) is 12.8 Å². The summed E-state index contributed by atoms with van der Waals surface area (Å²) in [5.41, 5.74) is 0.444. The highest BCUT2D eigenvalue weighted by molar-refractivity contribution is 5.71. The molecule has 0 fully saturated rings. The summed E-state index contributed by atoms with van der Waals surface area (Å²) in [6.07, 6.45) is 3.14. The molecule has 6 heteroatoms. The zero-order valence-corrected chi connectivity index (χ0v) is 18.1. The SMILES string of the molecule is CC(=O)O[C@H]1C=C[C@H](C)[C@@H](/C(C)=C/c2ccccc2)OC(=O)C[C@H](O)CC[C@@]1(C)O. The molecule has 0 aromatic heterocycles. The molecule has 0 saturated carbocycles. The number of carbonyl (C=O) groups excluding carboxylic acids is 2. The van der Waals surface area contributed by atoms with Gasteiger partial charge < -0.3 is 19.7 Å². The Hall–Kier alpha value is -2.44. The smallest absolute Gasteiger partial charge is 0.309 e. The van der Waals surface area contributed by atoms with E-state index < -0.39 is 35.9 Å². The quantitative estimate of drug-likeness (QED) is 0.579. The van der Waals surface area contributed by atoms with Crippen molar-refractivity contribution in [3.8, 4) is 0 Å². The fraction of sp³-hybridized carbons (Fsp3) is 0.500. The normalized spacial score (nSPS) is 31.3. The van der Waals surface area contributed by atoms with Crippen LogP contribution in [0.3, 0.4) is 0 Å². The van der Waals surface area contributed by atoms with Gasteiger partial charge in [-0.2, -0.15) is 0 Å². The first-order chi connectivity index (χ1) is 14.1. The average Bonchev–Trinajstić information content (AvgIpc) is 2.67. The summed E-state index contributed by atoms with van der Waals surface area (Å²) < 4.78 is 11.0. The summed E-state index contributed by atoms with van der Waals surface area (Å²) in [4.78, 5) is 24.0. The van der Waals surface area contributed by atoms with E-state index >= 15 is 0 Å². The van der Waals surface area contributed by atoms with Crippen LogP contribution in [-0.2, 0) is 19.1 Å². The number of aliphatic hydroxyl groups is 2. The monoisotopic (exact) mass is 416 g/mol. The number of benzene rings is 1. The topological polar surface area (TPSA) is 93.1 Å². The molecular formula is C24H32O6. The van der Waals surface area contributed by atoms with Gasteiger partial charge >= 0.3 is 11.9 Å². The lowest BCUT2D eigenvalue weighted by molar-refractivity contribution is -0.157. The molecule has 1 aromatic carbocycles. The van der Waals surface area contributed by atoms with Gasteiger partial charge in [-0.1, -0.05) is 49.4 Å². The van der Waals surface area contributed by atoms with E-state index in [0.717, 1.165) is 11.1 Å². The lowest BCUT2D eigenvalue weighted by Crippen LogP contribution is -2.42. The lowest BCUT2D eigenvalue weighted by atomic mass is 9.88. The molecule has 0 unspecified atom stereocenters. The Morgan fingerprint density at radius 2 is 1.90 bits per heavy atom. The van der Waals surface area contributed by atoms with Crippen LogP contribution < -0.4 is 0 Å². The van der Waals surface area contributed by atoms with Crippen molar-refractivity contribution in [1.82, 2.24) is 0 Å². The van der Waals surface area contributed by atoms with Crippen LogP contribution in [0.1, 0.15) is 52.5 Å². The Morgan fingerprint density at radius 1 is 1.23 bits per heavy atom. The van der Waals surface area contributed by atoms with Crippen LogP contribution in [0.25, 0.3) is 6.08 Å². The van der Waals surface area contributed by atoms with Crippen LogP contribution in [0.5, 0.6) is 0 Å². The van der Waals surface area contributed by atoms with Crippen molar-refractivity contribution in [2.24, 2.45) is 5.92 Å². The minimum absolute atomic E-state index is 0.161. The maximum Gasteiger partial charge on any atom is 0.309 e. The summed E-state index contributed by atoms with van der Waals surface area (Å²) in [7, 11) is 0. The van der Waals surface area contributed by atoms with Crippen LogP contribution in [0, 0.1) is 5.92 Å².